The van der Waals surface area contributed by atoms with Gasteiger partial charge in [-0.25, -0.2) is 4.79 Å². The molecule has 4 aliphatic rings. The van der Waals surface area contributed by atoms with Crippen molar-refractivity contribution in [3.63, 3.8) is 0 Å². The number of carbonyl (C=O) groups excluding carboxylic acids is 1. The lowest BCUT2D eigenvalue weighted by molar-refractivity contribution is -0.180. The zero-order valence-electron chi connectivity index (χ0n) is 26.6. The molecule has 4 N–H and O–H groups in total. The van der Waals surface area contributed by atoms with Crippen molar-refractivity contribution in [2.75, 3.05) is 11.5 Å². The van der Waals surface area contributed by atoms with E-state index in [1.807, 2.05) is 0 Å². The largest absolute Gasteiger partial charge is 0.458 e. The Kier molecular flexibility index (Phi) is 8.07. The second-order valence-corrected chi connectivity index (χ2v) is 16.2. The van der Waals surface area contributed by atoms with E-state index in [1.165, 1.54) is 57.8 Å². The molecule has 0 aromatic heterocycles. The Morgan fingerprint density at radius 2 is 1.50 bits per heavy atom. The number of hydrogen-bond donors (Lipinski definition) is 2. The normalized spacial score (nSPS) is 39.2. The average Bonchev–Trinajstić information content (AvgIpc) is 3.22. The van der Waals surface area contributed by atoms with Crippen molar-refractivity contribution < 1.29 is 9.53 Å². The molecule has 0 saturated heterocycles. The fourth-order valence-corrected chi connectivity index (χ4v) is 11.3. The Balaban J connectivity index is 1.29. The monoisotopic (exact) mass is 550 g/mol. The Labute approximate surface area is 244 Å². The summed E-state index contributed by atoms with van der Waals surface area (Å²) in [5.74, 6) is 5.46. The Bertz CT molecular complexity index is 1060. The molecule has 1 aromatic rings. The molecular formula is C36H58N2O2. The van der Waals surface area contributed by atoms with Gasteiger partial charge < -0.3 is 16.2 Å². The summed E-state index contributed by atoms with van der Waals surface area (Å²) in [6.07, 6.45) is 14.6. The van der Waals surface area contributed by atoms with Gasteiger partial charge in [-0.1, -0.05) is 67.7 Å². The number of hydrogen-bond acceptors (Lipinski definition) is 4. The third kappa shape index (κ3) is 5.08. The smallest absolute Gasteiger partial charge is 0.338 e. The maximum Gasteiger partial charge on any atom is 0.338 e. The molecular weight excluding hydrogens is 492 g/mol. The summed E-state index contributed by atoms with van der Waals surface area (Å²) in [6.45, 7) is 17.4. The van der Waals surface area contributed by atoms with Crippen LogP contribution in [-0.2, 0) is 4.74 Å². The van der Waals surface area contributed by atoms with Crippen LogP contribution in [0.15, 0.2) is 18.2 Å². The number of esters is 1. The number of nitrogen functional groups attached to an aromatic ring is 2. The first-order valence-electron chi connectivity index (χ1n) is 16.6. The third-order valence-corrected chi connectivity index (χ3v) is 13.2. The molecule has 224 valence electrons. The first-order chi connectivity index (χ1) is 18.8. The summed E-state index contributed by atoms with van der Waals surface area (Å²) in [4.78, 5) is 13.2. The van der Waals surface area contributed by atoms with Crippen LogP contribution >= 0.6 is 0 Å². The summed E-state index contributed by atoms with van der Waals surface area (Å²) in [6, 6.07) is 5.05. The van der Waals surface area contributed by atoms with Gasteiger partial charge in [-0.2, -0.15) is 0 Å². The average molecular weight is 551 g/mol. The predicted molar refractivity (Wildman–Crippen MR) is 167 cm³/mol. The highest BCUT2D eigenvalue weighted by Crippen LogP contribution is 2.70. The van der Waals surface area contributed by atoms with Gasteiger partial charge in [-0.05, 0) is 122 Å². The van der Waals surface area contributed by atoms with Gasteiger partial charge >= 0.3 is 5.97 Å². The van der Waals surface area contributed by atoms with E-state index in [2.05, 4.69) is 48.5 Å². The van der Waals surface area contributed by atoms with Crippen LogP contribution in [0.4, 0.5) is 11.4 Å². The highest BCUT2D eigenvalue weighted by molar-refractivity contribution is 5.91. The van der Waals surface area contributed by atoms with Crippen LogP contribution in [0.3, 0.4) is 0 Å². The van der Waals surface area contributed by atoms with Gasteiger partial charge in [0.05, 0.1) is 5.56 Å². The minimum atomic E-state index is -0.290. The molecule has 4 nitrogen and oxygen atoms in total. The van der Waals surface area contributed by atoms with Gasteiger partial charge in [0.1, 0.15) is 6.10 Å². The van der Waals surface area contributed by atoms with E-state index < -0.39 is 0 Å². The van der Waals surface area contributed by atoms with Gasteiger partial charge in [0.2, 0.25) is 0 Å². The molecule has 4 aliphatic carbocycles. The molecule has 4 heteroatoms. The van der Waals surface area contributed by atoms with Gasteiger partial charge in [0.15, 0.2) is 0 Å². The fourth-order valence-electron chi connectivity index (χ4n) is 11.3. The number of nitrogens with two attached hydrogens (primary N) is 2. The summed E-state index contributed by atoms with van der Waals surface area (Å²) < 4.78 is 6.26. The van der Waals surface area contributed by atoms with Crippen LogP contribution in [0.2, 0.25) is 0 Å². The lowest BCUT2D eigenvalue weighted by Crippen LogP contribution is -2.59. The molecule has 0 aliphatic heterocycles. The molecule has 0 radical (unpaired) electrons. The lowest BCUT2D eigenvalue weighted by Gasteiger charge is -2.65. The lowest BCUT2D eigenvalue weighted by atomic mass is 9.41. The third-order valence-electron chi connectivity index (χ3n) is 13.2. The van der Waals surface area contributed by atoms with E-state index in [9.17, 15) is 4.79 Å². The predicted octanol–water partition coefficient (Wildman–Crippen LogP) is 9.13. The van der Waals surface area contributed by atoms with Crippen LogP contribution in [0.5, 0.6) is 0 Å². The molecule has 9 atom stereocenters. The van der Waals surface area contributed by atoms with Gasteiger partial charge in [-0.15, -0.1) is 0 Å². The van der Waals surface area contributed by atoms with E-state index in [0.29, 0.717) is 33.7 Å². The number of fused-ring (bicyclic) bond motifs is 5. The summed E-state index contributed by atoms with van der Waals surface area (Å²) >= 11 is 0. The second kappa shape index (κ2) is 10.8. The van der Waals surface area contributed by atoms with E-state index in [4.69, 9.17) is 16.2 Å². The number of rotatable bonds is 7. The zero-order chi connectivity index (χ0) is 29.0. The highest BCUT2D eigenvalue weighted by Gasteiger charge is 2.63. The second-order valence-electron chi connectivity index (χ2n) is 16.2. The Morgan fingerprint density at radius 1 is 0.850 bits per heavy atom. The highest BCUT2D eigenvalue weighted by atomic mass is 16.5. The molecule has 1 aromatic carbocycles. The number of benzene rings is 1. The van der Waals surface area contributed by atoms with E-state index in [1.54, 1.807) is 18.2 Å². The Morgan fingerprint density at radius 3 is 2.17 bits per heavy atom. The van der Waals surface area contributed by atoms with Gasteiger partial charge in [0, 0.05) is 16.8 Å². The van der Waals surface area contributed by atoms with Crippen molar-refractivity contribution in [1.82, 2.24) is 0 Å². The number of anilines is 2. The van der Waals surface area contributed by atoms with Crippen LogP contribution in [0.1, 0.15) is 129 Å². The SMILES string of the molecule is CC(C)CCCC(C)C1CCC2C3CCC4C(C)(C)C(OC(=O)c5cc(N)cc(N)c5)CCC4(C)C3CCC12C. The van der Waals surface area contributed by atoms with E-state index in [0.717, 1.165) is 48.3 Å². The first kappa shape index (κ1) is 29.8. The molecule has 5 rings (SSSR count). The van der Waals surface area contributed by atoms with Crippen LogP contribution in [0.25, 0.3) is 0 Å². The van der Waals surface area contributed by atoms with Crippen LogP contribution in [-0.4, -0.2) is 12.1 Å². The van der Waals surface area contributed by atoms with Crippen molar-refractivity contribution >= 4 is 17.3 Å². The Hall–Kier alpha value is -1.71. The molecule has 0 amide bonds. The van der Waals surface area contributed by atoms with E-state index in [-0.39, 0.29) is 17.5 Å². The van der Waals surface area contributed by atoms with Crippen LogP contribution in [0, 0.1) is 57.7 Å². The summed E-state index contributed by atoms with van der Waals surface area (Å²) in [5.41, 5.74) is 14.2. The summed E-state index contributed by atoms with van der Waals surface area (Å²) in [7, 11) is 0. The quantitative estimate of drug-likeness (QED) is 0.262. The molecule has 0 bridgehead atoms. The van der Waals surface area contributed by atoms with Crippen molar-refractivity contribution in [2.45, 2.75) is 125 Å². The minimum Gasteiger partial charge on any atom is -0.458 e. The van der Waals surface area contributed by atoms with Gasteiger partial charge in [-0.3, -0.25) is 0 Å². The standard InChI is InChI=1S/C36H58N2O2/c1-22(2)9-8-10-23(3)28-12-13-29-27-11-14-31-34(4,5)32(40-33(39)24-19-25(37)21-26(38)20-24)16-18-36(31,7)30(27)15-17-35(28,29)6/h19-23,27-32H,8-18,37-38H2,1-7H3. The first-order valence-corrected chi connectivity index (χ1v) is 16.6. The topological polar surface area (TPSA) is 78.3 Å². The maximum atomic E-state index is 13.2. The maximum absolute atomic E-state index is 13.2. The molecule has 0 heterocycles. The molecule has 4 saturated carbocycles. The fraction of sp³-hybridized carbons (Fsp3) is 0.806. The molecule has 0 spiro atoms. The van der Waals surface area contributed by atoms with Crippen molar-refractivity contribution in [2.24, 2.45) is 57.7 Å². The number of carbonyl (C=O) groups is 1. The molecule has 4 fully saturated rings. The van der Waals surface area contributed by atoms with Crippen molar-refractivity contribution in [3.8, 4) is 0 Å². The van der Waals surface area contributed by atoms with Gasteiger partial charge in [0.25, 0.3) is 0 Å². The van der Waals surface area contributed by atoms with E-state index >= 15 is 0 Å². The van der Waals surface area contributed by atoms with Crippen molar-refractivity contribution in [1.29, 1.82) is 0 Å². The molecule has 9 unspecified atom stereocenters. The van der Waals surface area contributed by atoms with Crippen molar-refractivity contribution in [3.05, 3.63) is 23.8 Å². The zero-order valence-corrected chi connectivity index (χ0v) is 26.6. The molecule has 40 heavy (non-hydrogen) atoms. The van der Waals surface area contributed by atoms with Crippen LogP contribution < -0.4 is 11.5 Å². The summed E-state index contributed by atoms with van der Waals surface area (Å²) in [5, 5.41) is 0. The minimum absolute atomic E-state index is 0.0522. The number of ether oxygens (including phenoxy) is 1.